The highest BCUT2D eigenvalue weighted by Crippen LogP contribution is 2.26. The number of nitrogens with one attached hydrogen (secondary N) is 2. The van der Waals surface area contributed by atoms with Crippen LogP contribution in [0.15, 0.2) is 24.3 Å². The Morgan fingerprint density at radius 2 is 2.17 bits per heavy atom. The summed E-state index contributed by atoms with van der Waals surface area (Å²) in [4.78, 5) is 14.9. The number of para-hydroxylation sites is 1. The molecule has 0 fully saturated rings. The predicted octanol–water partition coefficient (Wildman–Crippen LogP) is -1.64. The zero-order valence-electron chi connectivity index (χ0n) is 10.00. The number of rotatable bonds is 1. The Morgan fingerprint density at radius 3 is 2.94 bits per heavy atom. The molecule has 2 aromatic rings. The monoisotopic (exact) mass is 265 g/mol. The number of ether oxygens (including phenoxy) is 1. The lowest BCUT2D eigenvalue weighted by Crippen LogP contribution is -3.00. The summed E-state index contributed by atoms with van der Waals surface area (Å²) >= 11 is 0. The normalized spacial score (nSPS) is 17.9. The highest BCUT2D eigenvalue weighted by Gasteiger charge is 2.27. The van der Waals surface area contributed by atoms with Crippen LogP contribution in [0.25, 0.3) is 10.9 Å². The summed E-state index contributed by atoms with van der Waals surface area (Å²) in [5, 5.41) is 4.39. The number of carbonyl (C=O) groups is 1. The van der Waals surface area contributed by atoms with Gasteiger partial charge < -0.3 is 22.1 Å². The molecule has 1 unspecified atom stereocenters. The second kappa shape index (κ2) is 5.00. The molecule has 1 aromatic carbocycles. The summed E-state index contributed by atoms with van der Waals surface area (Å²) < 4.78 is 4.78. The van der Waals surface area contributed by atoms with Crippen LogP contribution in [0, 0.1) is 0 Å². The average molecular weight is 266 g/mol. The van der Waals surface area contributed by atoms with E-state index in [1.165, 1.54) is 23.8 Å². The standard InChI is InChI=1S/C13H14N2O2.ClH/c1-17-13(16)11-6-9-8-4-2-3-5-10(8)15-12(9)7-14-11;/h2-5,11,14-15H,6-7H2,1H3;1H/p-1. The van der Waals surface area contributed by atoms with Crippen LogP contribution in [0.5, 0.6) is 0 Å². The maximum absolute atomic E-state index is 11.5. The van der Waals surface area contributed by atoms with Crippen molar-refractivity contribution >= 4 is 16.9 Å². The minimum atomic E-state index is -0.230. The second-order valence-electron chi connectivity index (χ2n) is 4.29. The Bertz CT molecular complexity index is 579. The predicted molar refractivity (Wildman–Crippen MR) is 64.6 cm³/mol. The maximum atomic E-state index is 11.5. The number of hydrogen-bond donors (Lipinski definition) is 2. The van der Waals surface area contributed by atoms with E-state index in [4.69, 9.17) is 4.74 Å². The zero-order chi connectivity index (χ0) is 11.8. The van der Waals surface area contributed by atoms with E-state index in [0.717, 1.165) is 5.52 Å². The Balaban J connectivity index is 0.00000120. The largest absolute Gasteiger partial charge is 1.00 e. The van der Waals surface area contributed by atoms with Crippen molar-refractivity contribution in [1.29, 1.82) is 0 Å². The van der Waals surface area contributed by atoms with E-state index in [9.17, 15) is 4.79 Å². The van der Waals surface area contributed by atoms with E-state index in [1.807, 2.05) is 12.1 Å². The number of benzene rings is 1. The number of halogens is 1. The van der Waals surface area contributed by atoms with Crippen LogP contribution in [0.1, 0.15) is 11.3 Å². The quantitative estimate of drug-likeness (QED) is 0.608. The van der Waals surface area contributed by atoms with Crippen molar-refractivity contribution in [2.45, 2.75) is 19.0 Å². The van der Waals surface area contributed by atoms with Crippen molar-refractivity contribution in [2.24, 2.45) is 0 Å². The van der Waals surface area contributed by atoms with Crippen LogP contribution in [-0.4, -0.2) is 24.1 Å². The lowest BCUT2D eigenvalue weighted by molar-refractivity contribution is -0.143. The molecule has 0 saturated carbocycles. The van der Waals surface area contributed by atoms with E-state index >= 15 is 0 Å². The second-order valence-corrected chi connectivity index (χ2v) is 4.29. The van der Waals surface area contributed by atoms with Crippen LogP contribution in [0.4, 0.5) is 0 Å². The summed E-state index contributed by atoms with van der Waals surface area (Å²) in [6, 6.07) is 7.94. The number of fused-ring (bicyclic) bond motifs is 3. The molecular formula is C13H14ClN2O2-. The van der Waals surface area contributed by atoms with Gasteiger partial charge in [0.25, 0.3) is 0 Å². The van der Waals surface area contributed by atoms with Crippen LogP contribution in [0.3, 0.4) is 0 Å². The van der Waals surface area contributed by atoms with E-state index in [-0.39, 0.29) is 24.4 Å². The van der Waals surface area contributed by atoms with Crippen molar-refractivity contribution in [3.63, 3.8) is 0 Å². The van der Waals surface area contributed by atoms with Gasteiger partial charge in [0.2, 0.25) is 0 Å². The number of aromatic amines is 1. The van der Waals surface area contributed by atoms with Gasteiger partial charge in [-0.15, -0.1) is 0 Å². The minimum absolute atomic E-state index is 0. The van der Waals surface area contributed by atoms with Gasteiger partial charge in [0.15, 0.2) is 0 Å². The molecule has 0 bridgehead atoms. The molecule has 0 radical (unpaired) electrons. The molecule has 0 saturated heterocycles. The molecule has 1 aromatic heterocycles. The van der Waals surface area contributed by atoms with Crippen LogP contribution in [-0.2, 0) is 22.5 Å². The van der Waals surface area contributed by atoms with Crippen molar-refractivity contribution in [2.75, 3.05) is 7.11 Å². The molecule has 5 heteroatoms. The first-order chi connectivity index (χ1) is 8.29. The van der Waals surface area contributed by atoms with Gasteiger partial charge in [-0.3, -0.25) is 10.1 Å². The number of methoxy groups -OCH3 is 1. The van der Waals surface area contributed by atoms with Crippen LogP contribution >= 0.6 is 0 Å². The topological polar surface area (TPSA) is 54.1 Å². The SMILES string of the molecule is COC(=O)C1Cc2c([nH]c3ccccc23)CN1.[Cl-]. The van der Waals surface area contributed by atoms with E-state index in [1.54, 1.807) is 0 Å². The summed E-state index contributed by atoms with van der Waals surface area (Å²) in [7, 11) is 1.43. The first-order valence-electron chi connectivity index (χ1n) is 5.69. The third kappa shape index (κ3) is 1.98. The van der Waals surface area contributed by atoms with Gasteiger partial charge in [0, 0.05) is 29.6 Å². The summed E-state index contributed by atoms with van der Waals surface area (Å²) in [6.45, 7) is 0.684. The number of esters is 1. The zero-order valence-corrected chi connectivity index (χ0v) is 10.8. The lowest BCUT2D eigenvalue weighted by Gasteiger charge is -2.21. The molecule has 1 aliphatic heterocycles. The first kappa shape index (κ1) is 12.9. The molecule has 18 heavy (non-hydrogen) atoms. The third-order valence-electron chi connectivity index (χ3n) is 3.32. The van der Waals surface area contributed by atoms with E-state index in [0.29, 0.717) is 13.0 Å². The van der Waals surface area contributed by atoms with Gasteiger partial charge in [0.05, 0.1) is 7.11 Å². The average Bonchev–Trinajstić information content (AvgIpc) is 2.75. The first-order valence-corrected chi connectivity index (χ1v) is 5.69. The summed E-state index contributed by atoms with van der Waals surface area (Å²) in [5.74, 6) is -0.194. The van der Waals surface area contributed by atoms with Crippen molar-refractivity contribution in [1.82, 2.24) is 10.3 Å². The Morgan fingerprint density at radius 1 is 1.39 bits per heavy atom. The molecule has 1 aliphatic rings. The third-order valence-corrected chi connectivity index (χ3v) is 3.32. The van der Waals surface area contributed by atoms with Gasteiger partial charge in [-0.2, -0.15) is 0 Å². The maximum Gasteiger partial charge on any atom is 0.323 e. The molecule has 2 N–H and O–H groups in total. The van der Waals surface area contributed by atoms with E-state index < -0.39 is 0 Å². The summed E-state index contributed by atoms with van der Waals surface area (Å²) in [6.07, 6.45) is 0.687. The summed E-state index contributed by atoms with van der Waals surface area (Å²) in [5.41, 5.74) is 3.53. The molecule has 3 rings (SSSR count). The fraction of sp³-hybridized carbons (Fsp3) is 0.308. The fourth-order valence-electron chi connectivity index (χ4n) is 2.45. The Hall–Kier alpha value is -1.52. The highest BCUT2D eigenvalue weighted by molar-refractivity contribution is 5.86. The molecule has 0 aliphatic carbocycles. The molecule has 0 amide bonds. The van der Waals surface area contributed by atoms with Crippen LogP contribution < -0.4 is 17.7 Å². The van der Waals surface area contributed by atoms with Gasteiger partial charge >= 0.3 is 5.97 Å². The van der Waals surface area contributed by atoms with Crippen molar-refractivity contribution < 1.29 is 21.9 Å². The van der Waals surface area contributed by atoms with Crippen LogP contribution in [0.2, 0.25) is 0 Å². The van der Waals surface area contributed by atoms with Gasteiger partial charge in [-0.05, 0) is 11.6 Å². The molecular weight excluding hydrogens is 252 g/mol. The number of hydrogen-bond acceptors (Lipinski definition) is 3. The molecule has 4 nitrogen and oxygen atoms in total. The Labute approximate surface area is 111 Å². The molecule has 1 atom stereocenters. The van der Waals surface area contributed by atoms with Crippen molar-refractivity contribution in [3.8, 4) is 0 Å². The molecule has 2 heterocycles. The van der Waals surface area contributed by atoms with Gasteiger partial charge in [0.1, 0.15) is 6.04 Å². The van der Waals surface area contributed by atoms with Crippen molar-refractivity contribution in [3.05, 3.63) is 35.5 Å². The highest BCUT2D eigenvalue weighted by atomic mass is 35.5. The Kier molecular flexibility index (Phi) is 3.59. The fourth-order valence-corrected chi connectivity index (χ4v) is 2.45. The molecule has 0 spiro atoms. The lowest BCUT2D eigenvalue weighted by atomic mass is 9.99. The smallest absolute Gasteiger partial charge is 0.323 e. The number of H-pyrrole nitrogens is 1. The van der Waals surface area contributed by atoms with Gasteiger partial charge in [-0.25, -0.2) is 0 Å². The van der Waals surface area contributed by atoms with Gasteiger partial charge in [-0.1, -0.05) is 18.2 Å². The molecule has 96 valence electrons. The number of aromatic nitrogens is 1. The number of carbonyl (C=O) groups excluding carboxylic acids is 1. The van der Waals surface area contributed by atoms with E-state index in [2.05, 4.69) is 22.4 Å². The minimum Gasteiger partial charge on any atom is -1.00 e.